The molecule has 18 heavy (non-hydrogen) atoms. The van der Waals surface area contributed by atoms with Crippen LogP contribution in [0.5, 0.6) is 5.75 Å². The molecule has 90 valence electrons. The Bertz CT molecular complexity index is 667. The number of rotatable bonds is 1. The monoisotopic (exact) mass is 260 g/mol. The maximum atomic E-state index is 12.1. The van der Waals surface area contributed by atoms with Gasteiger partial charge < -0.3 is 9.15 Å². The second-order valence-electron chi connectivity index (χ2n) is 4.03. The molecular formula is C14H9ClO3. The zero-order valence-electron chi connectivity index (χ0n) is 9.57. The van der Waals surface area contributed by atoms with E-state index in [4.69, 9.17) is 20.8 Å². The number of ether oxygens (including phenoxy) is 1. The van der Waals surface area contributed by atoms with Crippen molar-refractivity contribution in [2.45, 2.75) is 6.92 Å². The number of fused-ring (bicyclic) bond motifs is 1. The molecule has 0 N–H and O–H groups in total. The van der Waals surface area contributed by atoms with Gasteiger partial charge in [0, 0.05) is 11.1 Å². The van der Waals surface area contributed by atoms with Crippen molar-refractivity contribution in [2.24, 2.45) is 0 Å². The first-order valence-electron chi connectivity index (χ1n) is 5.44. The van der Waals surface area contributed by atoms with Crippen LogP contribution in [-0.2, 0) is 0 Å². The highest BCUT2D eigenvalue weighted by atomic mass is 35.5. The molecule has 0 spiro atoms. The van der Waals surface area contributed by atoms with Gasteiger partial charge in [0.05, 0.1) is 5.56 Å². The summed E-state index contributed by atoms with van der Waals surface area (Å²) in [4.78, 5) is 12.1. The molecule has 0 unspecified atom stereocenters. The lowest BCUT2D eigenvalue weighted by molar-refractivity contribution is 0.101. The molecule has 3 nitrogen and oxygen atoms in total. The van der Waals surface area contributed by atoms with E-state index in [-0.39, 0.29) is 11.5 Å². The highest BCUT2D eigenvalue weighted by Crippen LogP contribution is 2.33. The van der Waals surface area contributed by atoms with Gasteiger partial charge in [-0.1, -0.05) is 11.6 Å². The Kier molecular flexibility index (Phi) is 2.49. The third-order valence-electron chi connectivity index (χ3n) is 2.66. The molecule has 0 saturated carbocycles. The van der Waals surface area contributed by atoms with Crippen molar-refractivity contribution in [1.82, 2.24) is 0 Å². The summed E-state index contributed by atoms with van der Waals surface area (Å²) in [5.41, 5.74) is 0.483. The molecule has 1 aromatic heterocycles. The van der Waals surface area contributed by atoms with Crippen LogP contribution in [-0.4, -0.2) is 5.78 Å². The Labute approximate surface area is 109 Å². The molecule has 0 bridgehead atoms. The molecular weight excluding hydrogens is 252 g/mol. The van der Waals surface area contributed by atoms with E-state index in [1.165, 1.54) is 0 Å². The second-order valence-corrected chi connectivity index (χ2v) is 4.47. The zero-order chi connectivity index (χ0) is 12.7. The number of benzene rings is 1. The molecule has 0 aliphatic carbocycles. The second kappa shape index (κ2) is 4.03. The summed E-state index contributed by atoms with van der Waals surface area (Å²) >= 11 is 5.85. The quantitative estimate of drug-likeness (QED) is 0.731. The number of furan rings is 1. The number of carbonyl (C=O) groups excluding carboxylic acids is 1. The normalized spacial score (nSPS) is 15.9. The molecule has 1 aliphatic heterocycles. The fraction of sp³-hybridized carbons (Fsp3) is 0.0714. The fourth-order valence-corrected chi connectivity index (χ4v) is 1.99. The molecule has 0 radical (unpaired) electrons. The summed E-state index contributed by atoms with van der Waals surface area (Å²) in [6.07, 6.45) is 1.59. The van der Waals surface area contributed by atoms with E-state index in [2.05, 4.69) is 0 Å². The summed E-state index contributed by atoms with van der Waals surface area (Å²) in [6.45, 7) is 1.84. The van der Waals surface area contributed by atoms with Crippen molar-refractivity contribution >= 4 is 23.5 Å². The number of Topliss-reactive ketones (excluding diaryl/α,β-unsaturated/α-hetero) is 1. The van der Waals surface area contributed by atoms with Crippen LogP contribution in [0.15, 0.2) is 40.5 Å². The zero-order valence-corrected chi connectivity index (χ0v) is 10.3. The molecule has 2 heterocycles. The molecule has 2 aromatic rings. The number of allylic oxidation sites excluding steroid dienone is 1. The molecule has 4 heteroatoms. The van der Waals surface area contributed by atoms with Gasteiger partial charge in [-0.15, -0.1) is 0 Å². The molecule has 3 rings (SSSR count). The van der Waals surface area contributed by atoms with E-state index in [0.29, 0.717) is 22.1 Å². The van der Waals surface area contributed by atoms with Crippen LogP contribution < -0.4 is 4.74 Å². The van der Waals surface area contributed by atoms with E-state index >= 15 is 0 Å². The number of aryl methyl sites for hydroxylation is 1. The third-order valence-corrected chi connectivity index (χ3v) is 2.90. The predicted octanol–water partition coefficient (Wildman–Crippen LogP) is 3.86. The van der Waals surface area contributed by atoms with E-state index in [1.807, 2.05) is 13.0 Å². The summed E-state index contributed by atoms with van der Waals surface area (Å²) in [5.74, 6) is 1.98. The molecule has 0 fully saturated rings. The number of hydrogen-bond donors (Lipinski definition) is 0. The minimum absolute atomic E-state index is 0.179. The van der Waals surface area contributed by atoms with E-state index in [0.717, 1.165) is 5.76 Å². The van der Waals surface area contributed by atoms with E-state index in [1.54, 1.807) is 30.3 Å². The van der Waals surface area contributed by atoms with Crippen molar-refractivity contribution in [1.29, 1.82) is 0 Å². The van der Waals surface area contributed by atoms with Crippen molar-refractivity contribution in [2.75, 3.05) is 0 Å². The van der Waals surface area contributed by atoms with Gasteiger partial charge in [-0.05, 0) is 37.3 Å². The SMILES string of the molecule is Cc1ccc(/C=C2\Oc3ccc(Cl)cc3C2=O)o1. The van der Waals surface area contributed by atoms with E-state index in [9.17, 15) is 4.79 Å². The lowest BCUT2D eigenvalue weighted by atomic mass is 10.1. The van der Waals surface area contributed by atoms with E-state index < -0.39 is 0 Å². The molecule has 0 amide bonds. The topological polar surface area (TPSA) is 39.4 Å². The Balaban J connectivity index is 1.99. The summed E-state index contributed by atoms with van der Waals surface area (Å²) in [6, 6.07) is 8.59. The molecule has 0 atom stereocenters. The molecule has 0 saturated heterocycles. The smallest absolute Gasteiger partial charge is 0.232 e. The van der Waals surface area contributed by atoms with Crippen molar-refractivity contribution in [3.63, 3.8) is 0 Å². The summed E-state index contributed by atoms with van der Waals surface area (Å²) in [5, 5.41) is 0.515. The van der Waals surface area contributed by atoms with Gasteiger partial charge in [0.15, 0.2) is 5.76 Å². The maximum Gasteiger partial charge on any atom is 0.232 e. The first-order chi connectivity index (χ1) is 8.63. The van der Waals surface area contributed by atoms with Crippen LogP contribution in [0.3, 0.4) is 0 Å². The van der Waals surface area contributed by atoms with Crippen molar-refractivity contribution < 1.29 is 13.9 Å². The number of carbonyl (C=O) groups is 1. The molecule has 1 aromatic carbocycles. The highest BCUT2D eigenvalue weighted by molar-refractivity contribution is 6.31. The standard InChI is InChI=1S/C14H9ClO3/c1-8-2-4-10(17-8)7-13-14(16)11-6-9(15)3-5-12(11)18-13/h2-7H,1H3/b13-7-. The number of halogens is 1. The Morgan fingerprint density at radius 1 is 1.22 bits per heavy atom. The van der Waals surface area contributed by atoms with Crippen molar-refractivity contribution in [3.05, 3.63) is 58.2 Å². The first-order valence-corrected chi connectivity index (χ1v) is 5.81. The fourth-order valence-electron chi connectivity index (χ4n) is 1.82. The number of hydrogen-bond acceptors (Lipinski definition) is 3. The average molecular weight is 261 g/mol. The van der Waals surface area contributed by atoms with Gasteiger partial charge in [0.1, 0.15) is 17.3 Å². The van der Waals surface area contributed by atoms with Gasteiger partial charge in [-0.2, -0.15) is 0 Å². The van der Waals surface area contributed by atoms with Gasteiger partial charge in [-0.25, -0.2) is 0 Å². The van der Waals surface area contributed by atoms with Gasteiger partial charge in [0.2, 0.25) is 5.78 Å². The van der Waals surface area contributed by atoms with Crippen LogP contribution in [0.2, 0.25) is 5.02 Å². The summed E-state index contributed by atoms with van der Waals surface area (Å²) < 4.78 is 10.9. The van der Waals surface area contributed by atoms with Crippen LogP contribution in [0.25, 0.3) is 6.08 Å². The largest absolute Gasteiger partial charge is 0.462 e. The van der Waals surface area contributed by atoms with Gasteiger partial charge >= 0.3 is 0 Å². The Morgan fingerprint density at radius 2 is 2.06 bits per heavy atom. The lowest BCUT2D eigenvalue weighted by Gasteiger charge is -1.96. The summed E-state index contributed by atoms with van der Waals surface area (Å²) in [7, 11) is 0. The van der Waals surface area contributed by atoms with Crippen LogP contribution in [0, 0.1) is 6.92 Å². The predicted molar refractivity (Wildman–Crippen MR) is 67.8 cm³/mol. The maximum absolute atomic E-state index is 12.1. The van der Waals surface area contributed by atoms with Crippen LogP contribution in [0.4, 0.5) is 0 Å². The van der Waals surface area contributed by atoms with Crippen molar-refractivity contribution in [3.8, 4) is 5.75 Å². The molecule has 1 aliphatic rings. The van der Waals surface area contributed by atoms with Crippen LogP contribution >= 0.6 is 11.6 Å². The lowest BCUT2D eigenvalue weighted by Crippen LogP contribution is -1.97. The Hall–Kier alpha value is -2.00. The number of ketones is 1. The minimum atomic E-state index is -0.179. The Morgan fingerprint density at radius 3 is 2.78 bits per heavy atom. The third kappa shape index (κ3) is 1.83. The van der Waals surface area contributed by atoms with Gasteiger partial charge in [0.25, 0.3) is 0 Å². The average Bonchev–Trinajstić information content (AvgIpc) is 2.86. The van der Waals surface area contributed by atoms with Gasteiger partial charge in [-0.3, -0.25) is 4.79 Å². The minimum Gasteiger partial charge on any atom is -0.462 e. The highest BCUT2D eigenvalue weighted by Gasteiger charge is 2.27. The first kappa shape index (κ1) is 11.1. The van der Waals surface area contributed by atoms with Crippen LogP contribution in [0.1, 0.15) is 21.9 Å².